The average molecular weight is 327 g/mol. The topological polar surface area (TPSA) is 37.4 Å². The summed E-state index contributed by atoms with van der Waals surface area (Å²) in [7, 11) is -4.19. The minimum Gasteiger partial charge on any atom is -0.203 e. The molecule has 1 rings (SSSR count). The molecular formula is C14H24F3NO2S. The number of nitrogens with zero attached hydrogens (tertiary/aromatic N) is 1. The first-order chi connectivity index (χ1) is 9.75. The maximum Gasteiger partial charge on any atom is 0.511 e. The first-order valence-corrected chi connectivity index (χ1v) is 8.88. The minimum absolute atomic E-state index is 0.0850. The molecule has 1 aliphatic carbocycles. The molecule has 0 aromatic carbocycles. The lowest BCUT2D eigenvalue weighted by Crippen LogP contribution is -2.38. The maximum atomic E-state index is 12.3. The molecule has 7 heteroatoms. The predicted molar refractivity (Wildman–Crippen MR) is 77.2 cm³/mol. The van der Waals surface area contributed by atoms with Crippen molar-refractivity contribution >= 4 is 10.0 Å². The van der Waals surface area contributed by atoms with Gasteiger partial charge in [-0.2, -0.15) is 17.5 Å². The Balaban J connectivity index is 2.32. The van der Waals surface area contributed by atoms with Crippen LogP contribution in [0.2, 0.25) is 0 Å². The molecule has 0 spiro atoms. The third-order valence-electron chi connectivity index (χ3n) is 3.85. The molecule has 0 amide bonds. The van der Waals surface area contributed by atoms with E-state index in [2.05, 4.69) is 12.2 Å². The van der Waals surface area contributed by atoms with Crippen molar-refractivity contribution in [2.45, 2.75) is 56.9 Å². The van der Waals surface area contributed by atoms with E-state index in [9.17, 15) is 21.6 Å². The van der Waals surface area contributed by atoms with Crippen LogP contribution in [0.5, 0.6) is 0 Å². The van der Waals surface area contributed by atoms with Gasteiger partial charge in [0.15, 0.2) is 0 Å². The molecule has 0 heterocycles. The highest BCUT2D eigenvalue weighted by Crippen LogP contribution is 2.26. The van der Waals surface area contributed by atoms with Gasteiger partial charge in [0.2, 0.25) is 0 Å². The van der Waals surface area contributed by atoms with Gasteiger partial charge in [-0.1, -0.05) is 31.4 Å². The highest BCUT2D eigenvalue weighted by Gasteiger charge is 2.48. The van der Waals surface area contributed by atoms with Crippen LogP contribution >= 0.6 is 0 Å². The highest BCUT2D eigenvalue weighted by atomic mass is 32.2. The van der Waals surface area contributed by atoms with Gasteiger partial charge in [-0.05, 0) is 38.0 Å². The number of halogens is 3. The Morgan fingerprint density at radius 3 is 2.57 bits per heavy atom. The molecule has 0 saturated carbocycles. The largest absolute Gasteiger partial charge is 0.511 e. The number of unbranched alkanes of at least 4 members (excludes halogenated alkanes) is 1. The molecule has 0 aliphatic heterocycles. The minimum atomic E-state index is -5.20. The van der Waals surface area contributed by atoms with Crippen LogP contribution in [-0.4, -0.2) is 31.8 Å². The normalized spacial score (nSPS) is 22.8. The van der Waals surface area contributed by atoms with E-state index in [1.807, 2.05) is 0 Å². The molecule has 0 saturated heterocycles. The number of alkyl halides is 3. The summed E-state index contributed by atoms with van der Waals surface area (Å²) in [5, 5.41) is 0. The number of hydrogen-bond donors (Lipinski definition) is 0. The summed E-state index contributed by atoms with van der Waals surface area (Å²) in [6, 6.07) is 0. The fourth-order valence-electron chi connectivity index (χ4n) is 2.51. The van der Waals surface area contributed by atoms with Crippen molar-refractivity contribution in [3.63, 3.8) is 0 Å². The zero-order valence-corrected chi connectivity index (χ0v) is 13.2. The lowest BCUT2D eigenvalue weighted by atomic mass is 9.92. The third-order valence-corrected chi connectivity index (χ3v) is 5.44. The molecule has 0 N–H and O–H groups in total. The predicted octanol–water partition coefficient (Wildman–Crippen LogP) is 4.07. The van der Waals surface area contributed by atoms with Crippen molar-refractivity contribution in [2.24, 2.45) is 5.92 Å². The van der Waals surface area contributed by atoms with Crippen LogP contribution in [0.1, 0.15) is 51.4 Å². The van der Waals surface area contributed by atoms with Crippen LogP contribution in [-0.2, 0) is 10.0 Å². The van der Waals surface area contributed by atoms with Gasteiger partial charge in [0.25, 0.3) is 0 Å². The molecule has 0 aromatic heterocycles. The number of hydrogen-bond acceptors (Lipinski definition) is 2. The van der Waals surface area contributed by atoms with E-state index in [0.29, 0.717) is 16.6 Å². The van der Waals surface area contributed by atoms with Gasteiger partial charge in [-0.3, -0.25) is 0 Å². The van der Waals surface area contributed by atoms with Crippen molar-refractivity contribution in [1.29, 1.82) is 0 Å². The van der Waals surface area contributed by atoms with Crippen LogP contribution in [0.25, 0.3) is 0 Å². The van der Waals surface area contributed by atoms with Crippen molar-refractivity contribution in [2.75, 3.05) is 13.6 Å². The van der Waals surface area contributed by atoms with Crippen LogP contribution in [0.3, 0.4) is 0 Å². The second-order valence-electron chi connectivity index (χ2n) is 5.59. The molecule has 0 bridgehead atoms. The van der Waals surface area contributed by atoms with Crippen molar-refractivity contribution < 1.29 is 21.6 Å². The summed E-state index contributed by atoms with van der Waals surface area (Å²) in [4.78, 5) is 0. The summed E-state index contributed by atoms with van der Waals surface area (Å²) >= 11 is 0. The van der Waals surface area contributed by atoms with E-state index in [1.54, 1.807) is 0 Å². The lowest BCUT2D eigenvalue weighted by molar-refractivity contribution is -0.0482. The Kier molecular flexibility index (Phi) is 7.20. The summed E-state index contributed by atoms with van der Waals surface area (Å²) in [6.07, 6.45) is 12.4. The molecule has 0 radical (unpaired) electrons. The van der Waals surface area contributed by atoms with E-state index in [1.165, 1.54) is 19.3 Å². The van der Waals surface area contributed by atoms with Gasteiger partial charge in [0.1, 0.15) is 0 Å². The van der Waals surface area contributed by atoms with Gasteiger partial charge in [0, 0.05) is 13.6 Å². The van der Waals surface area contributed by atoms with Crippen molar-refractivity contribution in [3.8, 4) is 0 Å². The van der Waals surface area contributed by atoms with Crippen molar-refractivity contribution in [3.05, 3.63) is 12.2 Å². The SMILES string of the molecule is CN(CCCCC1/C=C\CCCCC1)S(=O)(=O)C(F)(F)F. The first-order valence-electron chi connectivity index (χ1n) is 7.44. The lowest BCUT2D eigenvalue weighted by Gasteiger charge is -2.19. The molecule has 0 fully saturated rings. The van der Waals surface area contributed by atoms with Gasteiger partial charge < -0.3 is 0 Å². The quantitative estimate of drug-likeness (QED) is 0.545. The van der Waals surface area contributed by atoms with Crippen molar-refractivity contribution in [1.82, 2.24) is 4.31 Å². The smallest absolute Gasteiger partial charge is 0.203 e. The van der Waals surface area contributed by atoms with E-state index >= 15 is 0 Å². The number of allylic oxidation sites excluding steroid dienone is 2. The number of sulfonamides is 1. The first kappa shape index (κ1) is 18.5. The molecule has 124 valence electrons. The standard InChI is InChI=1S/C14H24F3NO2S/c1-18(21(19,20)14(15,16)17)12-8-7-11-13-9-5-3-2-4-6-10-13/h5,9,13H,2-4,6-8,10-12H2,1H3/b9-5-. The third kappa shape index (κ3) is 5.98. The Morgan fingerprint density at radius 2 is 1.90 bits per heavy atom. The molecule has 1 unspecified atom stereocenters. The summed E-state index contributed by atoms with van der Waals surface area (Å²) in [5.74, 6) is 0.481. The van der Waals surface area contributed by atoms with Gasteiger partial charge in [-0.15, -0.1) is 0 Å². The van der Waals surface area contributed by atoms with Crippen LogP contribution < -0.4 is 0 Å². The fourth-order valence-corrected chi connectivity index (χ4v) is 3.23. The monoisotopic (exact) mass is 327 g/mol. The Labute approximate surface area is 125 Å². The molecule has 21 heavy (non-hydrogen) atoms. The zero-order valence-electron chi connectivity index (χ0n) is 12.4. The second kappa shape index (κ2) is 8.17. The Morgan fingerprint density at radius 1 is 1.19 bits per heavy atom. The average Bonchev–Trinajstić information content (AvgIpc) is 2.34. The van der Waals surface area contributed by atoms with Gasteiger partial charge in [-0.25, -0.2) is 8.42 Å². The molecule has 0 aromatic rings. The van der Waals surface area contributed by atoms with E-state index in [0.717, 1.165) is 32.7 Å². The van der Waals surface area contributed by atoms with Crippen LogP contribution in [0.15, 0.2) is 12.2 Å². The molecule has 3 nitrogen and oxygen atoms in total. The second-order valence-corrected chi connectivity index (χ2v) is 7.63. The summed E-state index contributed by atoms with van der Waals surface area (Å²) < 4.78 is 59.6. The Bertz CT molecular complexity index is 432. The summed E-state index contributed by atoms with van der Waals surface area (Å²) in [5.41, 5.74) is -5.20. The Hall–Kier alpha value is -0.560. The van der Waals surface area contributed by atoms with E-state index in [4.69, 9.17) is 0 Å². The zero-order chi connectivity index (χ0) is 15.9. The molecule has 1 atom stereocenters. The van der Waals surface area contributed by atoms with E-state index in [-0.39, 0.29) is 6.54 Å². The number of rotatable bonds is 6. The van der Waals surface area contributed by atoms with Gasteiger partial charge >= 0.3 is 15.5 Å². The molecular weight excluding hydrogens is 303 g/mol. The maximum absolute atomic E-state index is 12.3. The van der Waals surface area contributed by atoms with E-state index < -0.39 is 15.5 Å². The van der Waals surface area contributed by atoms with Gasteiger partial charge in [0.05, 0.1) is 0 Å². The fraction of sp³-hybridized carbons (Fsp3) is 0.857. The molecule has 1 aliphatic rings. The van der Waals surface area contributed by atoms with Crippen LogP contribution in [0.4, 0.5) is 13.2 Å². The highest BCUT2D eigenvalue weighted by molar-refractivity contribution is 7.89. The summed E-state index contributed by atoms with van der Waals surface area (Å²) in [6.45, 7) is -0.0850. The van der Waals surface area contributed by atoms with Crippen LogP contribution in [0, 0.1) is 5.92 Å².